The summed E-state index contributed by atoms with van der Waals surface area (Å²) < 4.78 is 7.21. The highest BCUT2D eigenvalue weighted by atomic mass is 16.5. The molecule has 1 aromatic carbocycles. The van der Waals surface area contributed by atoms with Gasteiger partial charge in [0.05, 0.1) is 12.3 Å². The van der Waals surface area contributed by atoms with Gasteiger partial charge in [-0.1, -0.05) is 12.1 Å². The number of fused-ring (bicyclic) bond motifs is 1. The smallest absolute Gasteiger partial charge is 0.181 e. The van der Waals surface area contributed by atoms with E-state index in [9.17, 15) is 0 Å². The maximum atomic E-state index is 8.82. The highest BCUT2D eigenvalue weighted by Gasteiger charge is 2.08. The van der Waals surface area contributed by atoms with Gasteiger partial charge in [-0.3, -0.25) is 4.68 Å². The van der Waals surface area contributed by atoms with Gasteiger partial charge in [0.1, 0.15) is 12.4 Å². The van der Waals surface area contributed by atoms with Crippen molar-refractivity contribution in [3.63, 3.8) is 0 Å². The van der Waals surface area contributed by atoms with Gasteiger partial charge in [0, 0.05) is 24.2 Å². The third-order valence-corrected chi connectivity index (χ3v) is 3.30. The Balaban J connectivity index is 2.03. The fourth-order valence-corrected chi connectivity index (χ4v) is 2.32. The van der Waals surface area contributed by atoms with Gasteiger partial charge in [-0.05, 0) is 30.7 Å². The first-order valence-corrected chi connectivity index (χ1v) is 6.82. The topological polar surface area (TPSA) is 60.2 Å². The van der Waals surface area contributed by atoms with Crippen molar-refractivity contribution in [1.29, 1.82) is 0 Å². The van der Waals surface area contributed by atoms with Crippen LogP contribution in [0, 0.1) is 6.92 Å². The van der Waals surface area contributed by atoms with Gasteiger partial charge >= 0.3 is 0 Å². The molecular formula is C16H17N3O2. The van der Waals surface area contributed by atoms with Crippen molar-refractivity contribution < 1.29 is 9.84 Å². The van der Waals surface area contributed by atoms with E-state index in [2.05, 4.69) is 23.1 Å². The molecule has 0 aliphatic carbocycles. The SMILES string of the molecule is Cc1cc(-c2cccc(OCCO)c2)nc2nn(C)cc12. The van der Waals surface area contributed by atoms with Crippen molar-refractivity contribution >= 4 is 11.0 Å². The number of aryl methyl sites for hydroxylation is 2. The number of aliphatic hydroxyl groups excluding tert-OH is 1. The quantitative estimate of drug-likeness (QED) is 0.798. The zero-order valence-electron chi connectivity index (χ0n) is 12.1. The summed E-state index contributed by atoms with van der Waals surface area (Å²) in [5.74, 6) is 0.724. The molecule has 0 saturated carbocycles. The molecule has 1 N–H and O–H groups in total. The van der Waals surface area contributed by atoms with E-state index in [1.54, 1.807) is 4.68 Å². The van der Waals surface area contributed by atoms with Crippen LogP contribution in [0.2, 0.25) is 0 Å². The molecule has 0 atom stereocenters. The van der Waals surface area contributed by atoms with Gasteiger partial charge in [-0.2, -0.15) is 5.10 Å². The molecule has 5 heteroatoms. The van der Waals surface area contributed by atoms with E-state index in [0.717, 1.165) is 33.6 Å². The van der Waals surface area contributed by atoms with Crippen molar-refractivity contribution in [3.8, 4) is 17.0 Å². The summed E-state index contributed by atoms with van der Waals surface area (Å²) in [6.07, 6.45) is 1.97. The van der Waals surface area contributed by atoms with Crippen LogP contribution in [0.1, 0.15) is 5.56 Å². The fourth-order valence-electron chi connectivity index (χ4n) is 2.32. The number of aromatic nitrogens is 3. The highest BCUT2D eigenvalue weighted by molar-refractivity contribution is 5.81. The number of hydrogen-bond donors (Lipinski definition) is 1. The maximum absolute atomic E-state index is 8.82. The normalized spacial score (nSPS) is 11.0. The molecule has 0 amide bonds. The minimum absolute atomic E-state index is 0.00147. The van der Waals surface area contributed by atoms with Gasteiger partial charge in [0.25, 0.3) is 0 Å². The van der Waals surface area contributed by atoms with Crippen LogP contribution >= 0.6 is 0 Å². The van der Waals surface area contributed by atoms with Crippen LogP contribution < -0.4 is 4.74 Å². The van der Waals surface area contributed by atoms with Crippen LogP contribution in [-0.4, -0.2) is 33.1 Å². The van der Waals surface area contributed by atoms with Crippen molar-refractivity contribution in [2.45, 2.75) is 6.92 Å². The van der Waals surface area contributed by atoms with E-state index in [1.165, 1.54) is 0 Å². The molecule has 2 heterocycles. The largest absolute Gasteiger partial charge is 0.491 e. The highest BCUT2D eigenvalue weighted by Crippen LogP contribution is 2.26. The number of hydrogen-bond acceptors (Lipinski definition) is 4. The van der Waals surface area contributed by atoms with Gasteiger partial charge in [-0.15, -0.1) is 0 Å². The van der Waals surface area contributed by atoms with E-state index < -0.39 is 0 Å². The Kier molecular flexibility index (Phi) is 3.58. The predicted molar refractivity (Wildman–Crippen MR) is 81.3 cm³/mol. The predicted octanol–water partition coefficient (Wildman–Crippen LogP) is 2.31. The lowest BCUT2D eigenvalue weighted by atomic mass is 10.1. The second kappa shape index (κ2) is 5.54. The second-order valence-electron chi connectivity index (χ2n) is 4.96. The summed E-state index contributed by atoms with van der Waals surface area (Å²) in [6.45, 7) is 2.35. The van der Waals surface area contributed by atoms with Gasteiger partial charge < -0.3 is 9.84 Å². The van der Waals surface area contributed by atoms with E-state index in [1.807, 2.05) is 37.5 Å². The number of nitrogens with zero attached hydrogens (tertiary/aromatic N) is 3. The van der Waals surface area contributed by atoms with Crippen LogP contribution in [0.5, 0.6) is 5.75 Å². The van der Waals surface area contributed by atoms with Crippen LogP contribution in [0.3, 0.4) is 0 Å². The summed E-state index contributed by atoms with van der Waals surface area (Å²) in [5, 5.41) is 14.3. The minimum Gasteiger partial charge on any atom is -0.491 e. The third kappa shape index (κ3) is 2.73. The maximum Gasteiger partial charge on any atom is 0.181 e. The van der Waals surface area contributed by atoms with Crippen molar-refractivity contribution in [1.82, 2.24) is 14.8 Å². The lowest BCUT2D eigenvalue weighted by Gasteiger charge is -2.07. The molecule has 2 aromatic heterocycles. The zero-order chi connectivity index (χ0) is 14.8. The Morgan fingerprint density at radius 1 is 1.29 bits per heavy atom. The van der Waals surface area contributed by atoms with Crippen LogP contribution in [0.4, 0.5) is 0 Å². The summed E-state index contributed by atoms with van der Waals surface area (Å²) >= 11 is 0. The van der Waals surface area contributed by atoms with Crippen LogP contribution in [0.25, 0.3) is 22.3 Å². The average molecular weight is 283 g/mol. The van der Waals surface area contributed by atoms with Crippen molar-refractivity contribution in [3.05, 3.63) is 42.1 Å². The van der Waals surface area contributed by atoms with Gasteiger partial charge in [0.2, 0.25) is 0 Å². The molecule has 0 unspecified atom stereocenters. The number of benzene rings is 1. The molecular weight excluding hydrogens is 266 g/mol. The van der Waals surface area contributed by atoms with Gasteiger partial charge in [-0.25, -0.2) is 4.98 Å². The number of ether oxygens (including phenoxy) is 1. The zero-order valence-corrected chi connectivity index (χ0v) is 12.1. The molecule has 0 fully saturated rings. The lowest BCUT2D eigenvalue weighted by Crippen LogP contribution is -2.01. The van der Waals surface area contributed by atoms with E-state index in [0.29, 0.717) is 0 Å². The Morgan fingerprint density at radius 2 is 2.14 bits per heavy atom. The standard InChI is InChI=1S/C16H17N3O2/c1-11-8-15(17-16-14(11)10-19(2)18-16)12-4-3-5-13(9-12)21-7-6-20/h3-5,8-10,20H,6-7H2,1-2H3. The first-order valence-electron chi connectivity index (χ1n) is 6.82. The van der Waals surface area contributed by atoms with Gasteiger partial charge in [0.15, 0.2) is 5.65 Å². The van der Waals surface area contributed by atoms with Crippen LogP contribution in [0.15, 0.2) is 36.5 Å². The Morgan fingerprint density at radius 3 is 2.95 bits per heavy atom. The summed E-state index contributed by atoms with van der Waals surface area (Å²) in [6, 6.07) is 9.75. The minimum atomic E-state index is 0.00147. The Hall–Kier alpha value is -2.40. The molecule has 3 aromatic rings. The van der Waals surface area contributed by atoms with E-state index >= 15 is 0 Å². The molecule has 108 valence electrons. The summed E-state index contributed by atoms with van der Waals surface area (Å²) in [7, 11) is 1.89. The monoisotopic (exact) mass is 283 g/mol. The fraction of sp³-hybridized carbons (Fsp3) is 0.250. The molecule has 0 bridgehead atoms. The average Bonchev–Trinajstić information content (AvgIpc) is 2.86. The Bertz CT molecular complexity index is 780. The van der Waals surface area contributed by atoms with Crippen LogP contribution in [-0.2, 0) is 7.05 Å². The first-order chi connectivity index (χ1) is 10.2. The molecule has 21 heavy (non-hydrogen) atoms. The number of aliphatic hydroxyl groups is 1. The molecule has 3 rings (SSSR count). The number of rotatable bonds is 4. The molecule has 0 aliphatic heterocycles. The Labute approximate surface area is 122 Å². The third-order valence-electron chi connectivity index (χ3n) is 3.30. The molecule has 0 saturated heterocycles. The molecule has 0 radical (unpaired) electrons. The summed E-state index contributed by atoms with van der Waals surface area (Å²) in [5.41, 5.74) is 3.73. The number of pyridine rings is 1. The molecule has 0 aliphatic rings. The second-order valence-corrected chi connectivity index (χ2v) is 4.96. The van der Waals surface area contributed by atoms with E-state index in [4.69, 9.17) is 9.84 Å². The van der Waals surface area contributed by atoms with E-state index in [-0.39, 0.29) is 13.2 Å². The molecule has 5 nitrogen and oxygen atoms in total. The molecule has 0 spiro atoms. The van der Waals surface area contributed by atoms with Crippen molar-refractivity contribution in [2.24, 2.45) is 7.05 Å². The van der Waals surface area contributed by atoms with Crippen molar-refractivity contribution in [2.75, 3.05) is 13.2 Å². The lowest BCUT2D eigenvalue weighted by molar-refractivity contribution is 0.201. The summed E-state index contributed by atoms with van der Waals surface area (Å²) in [4.78, 5) is 4.61. The first kappa shape index (κ1) is 13.6.